The van der Waals surface area contributed by atoms with Crippen molar-refractivity contribution in [1.82, 2.24) is 4.90 Å². The molecule has 1 aliphatic carbocycles. The monoisotopic (exact) mass is 214 g/mol. The van der Waals surface area contributed by atoms with Crippen molar-refractivity contribution in [3.63, 3.8) is 0 Å². The van der Waals surface area contributed by atoms with Crippen molar-refractivity contribution in [2.45, 2.75) is 33.1 Å². The van der Waals surface area contributed by atoms with Gasteiger partial charge in [-0.05, 0) is 25.3 Å². The van der Waals surface area contributed by atoms with Crippen LogP contribution in [0.15, 0.2) is 0 Å². The molecule has 0 aliphatic heterocycles. The second-order valence-electron chi connectivity index (χ2n) is 4.45. The Hall–Kier alpha value is -0.150. The van der Waals surface area contributed by atoms with Gasteiger partial charge in [-0.25, -0.2) is 0 Å². The number of hydrogen-bond donors (Lipinski definition) is 1. The van der Waals surface area contributed by atoms with Crippen molar-refractivity contribution in [2.24, 2.45) is 17.6 Å². The lowest BCUT2D eigenvalue weighted by Crippen LogP contribution is -2.38. The maximum atomic E-state index is 5.62. The van der Waals surface area contributed by atoms with Crippen LogP contribution < -0.4 is 5.73 Å². The molecular formula is C11H22N2S. The first kappa shape index (κ1) is 11.9. The van der Waals surface area contributed by atoms with E-state index in [0.29, 0.717) is 10.9 Å². The van der Waals surface area contributed by atoms with Crippen LogP contribution in [0.4, 0.5) is 0 Å². The van der Waals surface area contributed by atoms with Gasteiger partial charge in [0.1, 0.15) is 0 Å². The van der Waals surface area contributed by atoms with Gasteiger partial charge in [0.15, 0.2) is 0 Å². The van der Waals surface area contributed by atoms with Gasteiger partial charge in [-0.1, -0.05) is 32.5 Å². The van der Waals surface area contributed by atoms with Gasteiger partial charge in [0.05, 0.1) is 4.99 Å². The lowest BCUT2D eigenvalue weighted by molar-refractivity contribution is 0.177. The molecule has 0 aromatic rings. The van der Waals surface area contributed by atoms with Crippen LogP contribution in [0.3, 0.4) is 0 Å². The van der Waals surface area contributed by atoms with Gasteiger partial charge in [-0.3, -0.25) is 0 Å². The third kappa shape index (κ3) is 3.54. The molecule has 1 saturated carbocycles. The molecule has 2 nitrogen and oxygen atoms in total. The number of nitrogens with zero attached hydrogens (tertiary/aromatic N) is 1. The van der Waals surface area contributed by atoms with Crippen LogP contribution in [-0.4, -0.2) is 29.5 Å². The molecule has 0 amide bonds. The molecule has 0 heterocycles. The van der Waals surface area contributed by atoms with E-state index in [9.17, 15) is 0 Å². The maximum absolute atomic E-state index is 5.62. The lowest BCUT2D eigenvalue weighted by Gasteiger charge is -2.32. The Labute approximate surface area is 92.8 Å². The second-order valence-corrected chi connectivity index (χ2v) is 4.92. The SMILES string of the molecule is CCN(CC1CCC1)CC(C)C(N)=S. The van der Waals surface area contributed by atoms with E-state index in [1.807, 2.05) is 0 Å². The molecule has 1 atom stereocenters. The van der Waals surface area contributed by atoms with Gasteiger partial charge < -0.3 is 10.6 Å². The van der Waals surface area contributed by atoms with Crippen molar-refractivity contribution in [3.8, 4) is 0 Å². The van der Waals surface area contributed by atoms with Crippen LogP contribution >= 0.6 is 12.2 Å². The molecule has 82 valence electrons. The summed E-state index contributed by atoms with van der Waals surface area (Å²) in [4.78, 5) is 3.13. The van der Waals surface area contributed by atoms with Crippen LogP contribution in [-0.2, 0) is 0 Å². The molecule has 0 aromatic heterocycles. The standard InChI is InChI=1S/C11H22N2S/c1-3-13(7-9(2)11(12)14)8-10-5-4-6-10/h9-10H,3-8H2,1-2H3,(H2,12,14). The van der Waals surface area contributed by atoms with Gasteiger partial charge in [0.2, 0.25) is 0 Å². The molecule has 0 aromatic carbocycles. The van der Waals surface area contributed by atoms with Gasteiger partial charge >= 0.3 is 0 Å². The molecule has 14 heavy (non-hydrogen) atoms. The van der Waals surface area contributed by atoms with E-state index in [4.69, 9.17) is 18.0 Å². The highest BCUT2D eigenvalue weighted by molar-refractivity contribution is 7.80. The van der Waals surface area contributed by atoms with E-state index in [1.54, 1.807) is 0 Å². The fourth-order valence-electron chi connectivity index (χ4n) is 1.85. The Balaban J connectivity index is 2.26. The van der Waals surface area contributed by atoms with Gasteiger partial charge in [0.25, 0.3) is 0 Å². The predicted molar refractivity (Wildman–Crippen MR) is 65.4 cm³/mol. The zero-order valence-corrected chi connectivity index (χ0v) is 10.1. The summed E-state index contributed by atoms with van der Waals surface area (Å²) in [5, 5.41) is 0. The molecule has 1 rings (SSSR count). The van der Waals surface area contributed by atoms with Crippen molar-refractivity contribution in [3.05, 3.63) is 0 Å². The fourth-order valence-corrected chi connectivity index (χ4v) is 1.93. The summed E-state index contributed by atoms with van der Waals surface area (Å²) < 4.78 is 0. The van der Waals surface area contributed by atoms with E-state index in [-0.39, 0.29) is 0 Å². The quantitative estimate of drug-likeness (QED) is 0.686. The zero-order valence-electron chi connectivity index (χ0n) is 9.33. The minimum absolute atomic E-state index is 0.352. The predicted octanol–water partition coefficient (Wildman–Crippen LogP) is 2.03. The number of rotatable bonds is 6. The van der Waals surface area contributed by atoms with Crippen molar-refractivity contribution < 1.29 is 0 Å². The summed E-state index contributed by atoms with van der Waals surface area (Å²) in [6, 6.07) is 0. The molecule has 3 heteroatoms. The van der Waals surface area contributed by atoms with Gasteiger partial charge in [0, 0.05) is 19.0 Å². The normalized spacial score (nSPS) is 19.4. The molecule has 1 fully saturated rings. The molecule has 0 radical (unpaired) electrons. The molecule has 2 N–H and O–H groups in total. The summed E-state index contributed by atoms with van der Waals surface area (Å²) in [5.41, 5.74) is 5.62. The average Bonchev–Trinajstić information content (AvgIpc) is 2.08. The molecule has 1 unspecified atom stereocenters. The Bertz CT molecular complexity index is 190. The van der Waals surface area contributed by atoms with Crippen molar-refractivity contribution in [2.75, 3.05) is 19.6 Å². The maximum Gasteiger partial charge on any atom is 0.0768 e. The Kier molecular flexibility index (Phi) is 4.82. The highest BCUT2D eigenvalue weighted by Crippen LogP contribution is 2.27. The Morgan fingerprint density at radius 2 is 2.21 bits per heavy atom. The average molecular weight is 214 g/mol. The summed E-state index contributed by atoms with van der Waals surface area (Å²) >= 11 is 4.99. The van der Waals surface area contributed by atoms with E-state index in [0.717, 1.165) is 19.0 Å². The largest absolute Gasteiger partial charge is 0.393 e. The molecule has 0 spiro atoms. The smallest absolute Gasteiger partial charge is 0.0768 e. The van der Waals surface area contributed by atoms with E-state index in [1.165, 1.54) is 25.8 Å². The number of thiocarbonyl (C=S) groups is 1. The minimum atomic E-state index is 0.352. The summed E-state index contributed by atoms with van der Waals surface area (Å²) in [5.74, 6) is 1.29. The highest BCUT2D eigenvalue weighted by atomic mass is 32.1. The van der Waals surface area contributed by atoms with Crippen molar-refractivity contribution in [1.29, 1.82) is 0 Å². The van der Waals surface area contributed by atoms with E-state index < -0.39 is 0 Å². The Morgan fingerprint density at radius 3 is 2.57 bits per heavy atom. The summed E-state index contributed by atoms with van der Waals surface area (Å²) in [6.07, 6.45) is 4.25. The third-order valence-electron chi connectivity index (χ3n) is 3.21. The van der Waals surface area contributed by atoms with Crippen LogP contribution in [0.5, 0.6) is 0 Å². The van der Waals surface area contributed by atoms with Gasteiger partial charge in [-0.2, -0.15) is 0 Å². The first-order valence-corrected chi connectivity index (χ1v) is 6.06. The fraction of sp³-hybridized carbons (Fsp3) is 0.909. The first-order valence-electron chi connectivity index (χ1n) is 5.65. The summed E-state index contributed by atoms with van der Waals surface area (Å²) in [6.45, 7) is 7.71. The topological polar surface area (TPSA) is 29.3 Å². The Morgan fingerprint density at radius 1 is 1.57 bits per heavy atom. The molecule has 1 aliphatic rings. The van der Waals surface area contributed by atoms with Crippen LogP contribution in [0, 0.1) is 11.8 Å². The summed E-state index contributed by atoms with van der Waals surface area (Å²) in [7, 11) is 0. The van der Waals surface area contributed by atoms with Crippen LogP contribution in [0.25, 0.3) is 0 Å². The van der Waals surface area contributed by atoms with Crippen LogP contribution in [0.1, 0.15) is 33.1 Å². The van der Waals surface area contributed by atoms with Gasteiger partial charge in [-0.15, -0.1) is 0 Å². The number of nitrogens with two attached hydrogens (primary N) is 1. The lowest BCUT2D eigenvalue weighted by atomic mass is 9.85. The minimum Gasteiger partial charge on any atom is -0.393 e. The highest BCUT2D eigenvalue weighted by Gasteiger charge is 2.21. The van der Waals surface area contributed by atoms with E-state index in [2.05, 4.69) is 18.7 Å². The number of hydrogen-bond acceptors (Lipinski definition) is 2. The van der Waals surface area contributed by atoms with Crippen molar-refractivity contribution >= 4 is 17.2 Å². The first-order chi connectivity index (χ1) is 6.63. The zero-order chi connectivity index (χ0) is 10.6. The molecule has 0 saturated heterocycles. The second kappa shape index (κ2) is 5.66. The molecular weight excluding hydrogens is 192 g/mol. The third-order valence-corrected chi connectivity index (χ3v) is 3.61. The van der Waals surface area contributed by atoms with E-state index >= 15 is 0 Å². The van der Waals surface area contributed by atoms with Crippen LogP contribution in [0.2, 0.25) is 0 Å². The molecule has 0 bridgehead atoms.